The van der Waals surface area contributed by atoms with Crippen LogP contribution in [0.25, 0.3) is 16.8 Å². The molecule has 0 unspecified atom stereocenters. The Balaban J connectivity index is 1.38. The van der Waals surface area contributed by atoms with Crippen molar-refractivity contribution in [3.8, 4) is 0 Å². The third kappa shape index (κ3) is 6.20. The molecule has 0 amide bonds. The van der Waals surface area contributed by atoms with Crippen molar-refractivity contribution in [1.29, 1.82) is 0 Å². The maximum Gasteiger partial charge on any atom is 0.250 e. The van der Waals surface area contributed by atoms with E-state index in [0.29, 0.717) is 44.1 Å². The van der Waals surface area contributed by atoms with Gasteiger partial charge in [-0.3, -0.25) is 0 Å². The Morgan fingerprint density at radius 1 is 0.886 bits per heavy atom. The van der Waals surface area contributed by atoms with Crippen molar-refractivity contribution >= 4 is 62.5 Å². The first-order valence-electron chi connectivity index (χ1n) is 11.3. The van der Waals surface area contributed by atoms with Gasteiger partial charge in [-0.25, -0.2) is 5.43 Å². The molecule has 0 aliphatic carbocycles. The van der Waals surface area contributed by atoms with Crippen molar-refractivity contribution in [3.05, 3.63) is 82.8 Å². The van der Waals surface area contributed by atoms with Gasteiger partial charge in [0.15, 0.2) is 0 Å². The molecule has 1 saturated heterocycles. The lowest BCUT2D eigenvalue weighted by Gasteiger charge is -2.27. The molecular formula is C26H24BrN7O. The second kappa shape index (κ2) is 11.1. The van der Waals surface area contributed by atoms with E-state index in [1.54, 1.807) is 6.21 Å². The lowest BCUT2D eigenvalue weighted by Crippen LogP contribution is -2.37. The second-order valence-electron chi connectivity index (χ2n) is 7.88. The number of nitrogens with one attached hydrogen (secondary N) is 2. The van der Waals surface area contributed by atoms with Gasteiger partial charge in [-0.05, 0) is 50.5 Å². The lowest BCUT2D eigenvalue weighted by atomic mass is 10.1. The summed E-state index contributed by atoms with van der Waals surface area (Å²) in [4.78, 5) is 15.8. The molecule has 176 valence electrons. The van der Waals surface area contributed by atoms with Gasteiger partial charge in [-0.1, -0.05) is 60.7 Å². The van der Waals surface area contributed by atoms with Gasteiger partial charge in [0.05, 0.1) is 19.4 Å². The summed E-state index contributed by atoms with van der Waals surface area (Å²) in [5.41, 5.74) is 4.90. The maximum atomic E-state index is 5.48. The van der Waals surface area contributed by atoms with Crippen LogP contribution >= 0.6 is 15.9 Å². The highest BCUT2D eigenvalue weighted by atomic mass is 79.9. The summed E-state index contributed by atoms with van der Waals surface area (Å²) in [6.07, 6.45) is 3.64. The van der Waals surface area contributed by atoms with Crippen LogP contribution < -0.4 is 15.6 Å². The van der Waals surface area contributed by atoms with Gasteiger partial charge in [-0.2, -0.15) is 20.1 Å². The van der Waals surface area contributed by atoms with Crippen LogP contribution in [0, 0.1) is 0 Å². The number of benzene rings is 3. The highest BCUT2D eigenvalue weighted by molar-refractivity contribution is 9.12. The van der Waals surface area contributed by atoms with E-state index in [-0.39, 0.29) is 0 Å². The fourth-order valence-corrected chi connectivity index (χ4v) is 4.04. The van der Waals surface area contributed by atoms with Crippen molar-refractivity contribution in [2.45, 2.75) is 0 Å². The summed E-state index contributed by atoms with van der Waals surface area (Å²) < 4.78 is 6.29. The predicted octanol–water partition coefficient (Wildman–Crippen LogP) is 5.44. The quantitative estimate of drug-likeness (QED) is 0.243. The fourth-order valence-electron chi connectivity index (χ4n) is 3.67. The number of morpholine rings is 1. The lowest BCUT2D eigenvalue weighted by molar-refractivity contribution is 0.122. The minimum atomic E-state index is 0.348. The zero-order valence-corrected chi connectivity index (χ0v) is 20.5. The van der Waals surface area contributed by atoms with E-state index in [2.05, 4.69) is 75.9 Å². The van der Waals surface area contributed by atoms with E-state index >= 15 is 0 Å². The van der Waals surface area contributed by atoms with Gasteiger partial charge in [-0.15, -0.1) is 0 Å². The molecule has 0 spiro atoms. The molecule has 1 aromatic heterocycles. The Bertz CT molecular complexity index is 1350. The number of hydrogen-bond donors (Lipinski definition) is 2. The zero-order valence-electron chi connectivity index (χ0n) is 18.9. The highest BCUT2D eigenvalue weighted by Gasteiger charge is 2.17. The zero-order chi connectivity index (χ0) is 23.9. The minimum Gasteiger partial charge on any atom is -0.378 e. The smallest absolute Gasteiger partial charge is 0.250 e. The number of anilines is 4. The number of allylic oxidation sites excluding steroid dienone is 1. The van der Waals surface area contributed by atoms with E-state index in [0.717, 1.165) is 21.1 Å². The Kier molecular flexibility index (Phi) is 7.26. The van der Waals surface area contributed by atoms with Crippen LogP contribution in [-0.4, -0.2) is 47.5 Å². The van der Waals surface area contributed by atoms with Crippen LogP contribution in [0.4, 0.5) is 23.5 Å². The highest BCUT2D eigenvalue weighted by Crippen LogP contribution is 2.23. The number of halogens is 1. The van der Waals surface area contributed by atoms with Gasteiger partial charge >= 0.3 is 0 Å². The molecule has 4 aromatic rings. The maximum absolute atomic E-state index is 5.48. The van der Waals surface area contributed by atoms with Crippen molar-refractivity contribution in [2.75, 3.05) is 41.9 Å². The Labute approximate surface area is 211 Å². The average Bonchev–Trinajstić information content (AvgIpc) is 2.89. The van der Waals surface area contributed by atoms with Crippen molar-refractivity contribution in [3.63, 3.8) is 0 Å². The number of nitrogens with zero attached hydrogens (tertiary/aromatic N) is 5. The van der Waals surface area contributed by atoms with Gasteiger partial charge in [0.25, 0.3) is 0 Å². The summed E-state index contributed by atoms with van der Waals surface area (Å²) in [7, 11) is 0. The first-order valence-corrected chi connectivity index (χ1v) is 12.1. The molecule has 0 saturated carbocycles. The van der Waals surface area contributed by atoms with E-state index in [9.17, 15) is 0 Å². The molecule has 3 aromatic carbocycles. The number of rotatable bonds is 7. The van der Waals surface area contributed by atoms with Crippen molar-refractivity contribution < 1.29 is 4.74 Å². The van der Waals surface area contributed by atoms with Crippen LogP contribution in [-0.2, 0) is 4.74 Å². The summed E-state index contributed by atoms with van der Waals surface area (Å²) in [6, 6.07) is 24.4. The van der Waals surface area contributed by atoms with E-state index in [1.807, 2.05) is 54.6 Å². The molecule has 0 bridgehead atoms. The van der Waals surface area contributed by atoms with E-state index in [4.69, 9.17) is 4.74 Å². The van der Waals surface area contributed by atoms with Gasteiger partial charge in [0, 0.05) is 23.3 Å². The number of hydrazone groups is 1. The van der Waals surface area contributed by atoms with E-state index in [1.165, 1.54) is 5.39 Å². The Hall–Kier alpha value is -3.82. The largest absolute Gasteiger partial charge is 0.378 e. The van der Waals surface area contributed by atoms with Crippen molar-refractivity contribution in [2.24, 2.45) is 5.10 Å². The van der Waals surface area contributed by atoms with Gasteiger partial charge < -0.3 is 15.0 Å². The van der Waals surface area contributed by atoms with Crippen LogP contribution in [0.3, 0.4) is 0 Å². The third-order valence-electron chi connectivity index (χ3n) is 5.38. The monoisotopic (exact) mass is 529 g/mol. The molecule has 2 N–H and O–H groups in total. The van der Waals surface area contributed by atoms with Gasteiger partial charge in [0.2, 0.25) is 17.8 Å². The molecule has 1 aliphatic heterocycles. The Morgan fingerprint density at radius 3 is 2.46 bits per heavy atom. The standard InChI is InChI=1S/C26H24BrN7O/c27-22(16-19-6-2-1-3-7-19)18-28-33-25-30-24(31-26(32-25)34-12-14-35-15-13-34)29-23-11-10-20-8-4-5-9-21(20)17-23/h1-11,16-18H,12-15H2,(H2,29,30,31,32,33)/b22-16-,28-18+. The molecule has 35 heavy (non-hydrogen) atoms. The molecule has 9 heteroatoms. The molecule has 5 rings (SSSR count). The summed E-state index contributed by atoms with van der Waals surface area (Å²) >= 11 is 3.53. The predicted molar refractivity (Wildman–Crippen MR) is 146 cm³/mol. The molecule has 1 aliphatic rings. The topological polar surface area (TPSA) is 87.6 Å². The third-order valence-corrected chi connectivity index (χ3v) is 5.81. The molecular weight excluding hydrogens is 506 g/mol. The summed E-state index contributed by atoms with van der Waals surface area (Å²) in [6.45, 7) is 2.70. The second-order valence-corrected chi connectivity index (χ2v) is 8.79. The molecule has 1 fully saturated rings. The average molecular weight is 530 g/mol. The normalized spacial score (nSPS) is 14.4. The van der Waals surface area contributed by atoms with Crippen LogP contribution in [0.5, 0.6) is 0 Å². The summed E-state index contributed by atoms with van der Waals surface area (Å²) in [5, 5.41) is 9.93. The molecule has 0 radical (unpaired) electrons. The van der Waals surface area contributed by atoms with Crippen LogP contribution in [0.15, 0.2) is 82.4 Å². The number of hydrogen-bond acceptors (Lipinski definition) is 8. The summed E-state index contributed by atoms with van der Waals surface area (Å²) in [5.74, 6) is 1.36. The van der Waals surface area contributed by atoms with Crippen molar-refractivity contribution in [1.82, 2.24) is 15.0 Å². The van der Waals surface area contributed by atoms with Gasteiger partial charge in [0.1, 0.15) is 0 Å². The van der Waals surface area contributed by atoms with Crippen LogP contribution in [0.2, 0.25) is 0 Å². The first-order chi connectivity index (χ1) is 17.2. The number of ether oxygens (including phenoxy) is 1. The number of fused-ring (bicyclic) bond motifs is 1. The molecule has 2 heterocycles. The first kappa shape index (κ1) is 22.9. The number of aromatic nitrogens is 3. The molecule has 8 nitrogen and oxygen atoms in total. The van der Waals surface area contributed by atoms with E-state index < -0.39 is 0 Å². The molecule has 0 atom stereocenters. The SMILES string of the molecule is BrC(=C\c1ccccc1)/C=N/Nc1nc(Nc2ccc3ccccc3c2)nc(N2CCOCC2)n1. The van der Waals surface area contributed by atoms with Crippen LogP contribution in [0.1, 0.15) is 5.56 Å². The minimum absolute atomic E-state index is 0.348. The fraction of sp³-hybridized carbons (Fsp3) is 0.154. The Morgan fingerprint density at radius 2 is 1.63 bits per heavy atom.